The van der Waals surface area contributed by atoms with Crippen LogP contribution in [-0.2, 0) is 24.1 Å². The molecule has 0 saturated heterocycles. The molecule has 3 rings (SSSR count). The third-order valence-corrected chi connectivity index (χ3v) is 5.17. The first-order valence-corrected chi connectivity index (χ1v) is 8.31. The van der Waals surface area contributed by atoms with Gasteiger partial charge in [-0.05, 0) is 26.0 Å². The summed E-state index contributed by atoms with van der Waals surface area (Å²) in [4.78, 5) is 11.5. The van der Waals surface area contributed by atoms with Crippen molar-refractivity contribution in [3.05, 3.63) is 40.1 Å². The van der Waals surface area contributed by atoms with Crippen LogP contribution in [0.4, 0.5) is 5.69 Å². The molecule has 0 atom stereocenters. The molecule has 0 saturated carbocycles. The van der Waals surface area contributed by atoms with Crippen molar-refractivity contribution in [3.63, 3.8) is 0 Å². The predicted molar refractivity (Wildman–Crippen MR) is 84.9 cm³/mol. The molecular weight excluding hydrogens is 320 g/mol. The van der Waals surface area contributed by atoms with Crippen LogP contribution >= 0.6 is 0 Å². The topological polar surface area (TPSA) is 99.1 Å². The number of fused-ring (bicyclic) bond motifs is 1. The van der Waals surface area contributed by atoms with E-state index in [-0.39, 0.29) is 10.5 Å². The van der Waals surface area contributed by atoms with Gasteiger partial charge in [0.15, 0.2) is 5.58 Å². The van der Waals surface area contributed by atoms with E-state index < -0.39 is 15.8 Å². The highest BCUT2D eigenvalue weighted by Gasteiger charge is 2.20. The minimum Gasteiger partial charge on any atom is -0.408 e. The minimum absolute atomic E-state index is 0.0157. The smallest absolute Gasteiger partial charge is 0.408 e. The third-order valence-electron chi connectivity index (χ3n) is 3.82. The van der Waals surface area contributed by atoms with E-state index in [9.17, 15) is 13.2 Å². The number of nitrogens with one attached hydrogen (secondary N) is 1. The lowest BCUT2D eigenvalue weighted by Gasteiger charge is -2.08. The zero-order chi connectivity index (χ0) is 16.9. The summed E-state index contributed by atoms with van der Waals surface area (Å²) in [5.41, 5.74) is 2.49. The summed E-state index contributed by atoms with van der Waals surface area (Å²) in [6.07, 6.45) is 0. The molecule has 3 aromatic rings. The molecule has 9 heteroatoms. The largest absolute Gasteiger partial charge is 0.419 e. The highest BCUT2D eigenvalue weighted by molar-refractivity contribution is 7.92. The Labute approximate surface area is 132 Å². The molecule has 0 fully saturated rings. The van der Waals surface area contributed by atoms with Gasteiger partial charge in [-0.25, -0.2) is 13.2 Å². The Morgan fingerprint density at radius 1 is 1.22 bits per heavy atom. The van der Waals surface area contributed by atoms with Gasteiger partial charge >= 0.3 is 5.76 Å². The number of benzene rings is 1. The zero-order valence-corrected chi connectivity index (χ0v) is 13.9. The fraction of sp³-hybridized carbons (Fsp3) is 0.286. The number of hydrogen-bond acceptors (Lipinski definition) is 5. The van der Waals surface area contributed by atoms with Crippen molar-refractivity contribution in [2.75, 3.05) is 4.72 Å². The Morgan fingerprint density at radius 2 is 1.91 bits per heavy atom. The number of aryl methyl sites for hydroxylation is 3. The summed E-state index contributed by atoms with van der Waals surface area (Å²) in [5.74, 6) is -0.540. The first kappa shape index (κ1) is 15.3. The van der Waals surface area contributed by atoms with Crippen molar-refractivity contribution in [1.82, 2.24) is 14.3 Å². The van der Waals surface area contributed by atoms with E-state index >= 15 is 0 Å². The maximum Gasteiger partial charge on any atom is 0.419 e. The molecular formula is C14H16N4O4S. The quantitative estimate of drug-likeness (QED) is 0.777. The SMILES string of the molecule is Cc1nn(C)c(C)c1NS(=O)(=O)c1ccc2c(c1)oc(=O)n2C. The van der Waals surface area contributed by atoms with Gasteiger partial charge in [0.2, 0.25) is 0 Å². The molecule has 0 amide bonds. The number of rotatable bonds is 3. The number of hydrogen-bond donors (Lipinski definition) is 1. The zero-order valence-electron chi connectivity index (χ0n) is 13.1. The van der Waals surface area contributed by atoms with Crippen molar-refractivity contribution in [3.8, 4) is 0 Å². The van der Waals surface area contributed by atoms with E-state index in [0.717, 1.165) is 0 Å². The Balaban J connectivity index is 2.07. The lowest BCUT2D eigenvalue weighted by Crippen LogP contribution is -2.14. The molecule has 23 heavy (non-hydrogen) atoms. The molecule has 122 valence electrons. The second kappa shape index (κ2) is 4.98. The van der Waals surface area contributed by atoms with Gasteiger partial charge in [-0.3, -0.25) is 14.0 Å². The minimum atomic E-state index is -3.81. The average molecular weight is 336 g/mol. The molecule has 0 aliphatic heterocycles. The molecule has 8 nitrogen and oxygen atoms in total. The number of aromatic nitrogens is 3. The van der Waals surface area contributed by atoms with Crippen molar-refractivity contribution in [2.24, 2.45) is 14.1 Å². The number of anilines is 1. The van der Waals surface area contributed by atoms with Gasteiger partial charge in [0.05, 0.1) is 27.5 Å². The van der Waals surface area contributed by atoms with E-state index in [4.69, 9.17) is 4.42 Å². The molecule has 1 aromatic carbocycles. The van der Waals surface area contributed by atoms with Gasteiger partial charge in [0, 0.05) is 20.2 Å². The summed E-state index contributed by atoms with van der Waals surface area (Å²) in [6, 6.07) is 4.30. The van der Waals surface area contributed by atoms with Crippen LogP contribution in [0.5, 0.6) is 0 Å². The number of sulfonamides is 1. The second-order valence-electron chi connectivity index (χ2n) is 5.33. The fourth-order valence-electron chi connectivity index (χ4n) is 2.40. The van der Waals surface area contributed by atoms with Gasteiger partial charge in [-0.15, -0.1) is 0 Å². The van der Waals surface area contributed by atoms with Gasteiger partial charge in [-0.1, -0.05) is 0 Å². The van der Waals surface area contributed by atoms with Crippen molar-refractivity contribution in [1.29, 1.82) is 0 Å². The number of nitrogens with zero attached hydrogens (tertiary/aromatic N) is 3. The van der Waals surface area contributed by atoms with Crippen LogP contribution in [0.25, 0.3) is 11.1 Å². The summed E-state index contributed by atoms with van der Waals surface area (Å²) < 4.78 is 35.6. The Kier molecular flexibility index (Phi) is 3.33. The summed E-state index contributed by atoms with van der Waals surface area (Å²) in [7, 11) is -0.515. The summed E-state index contributed by atoms with van der Waals surface area (Å²) >= 11 is 0. The van der Waals surface area contributed by atoms with E-state index in [1.807, 2.05) is 0 Å². The predicted octanol–water partition coefficient (Wildman–Crippen LogP) is 1.28. The van der Waals surface area contributed by atoms with Crippen LogP contribution in [0.2, 0.25) is 0 Å². The van der Waals surface area contributed by atoms with Crippen LogP contribution in [-0.4, -0.2) is 22.8 Å². The Bertz CT molecular complexity index is 1070. The fourth-order valence-corrected chi connectivity index (χ4v) is 3.59. The standard InChI is InChI=1S/C14H16N4O4S/c1-8-13(9(2)18(4)15-8)16-23(20,21)10-5-6-11-12(7-10)22-14(19)17(11)3/h5-7,16H,1-4H3. The lowest BCUT2D eigenvalue weighted by molar-refractivity contribution is 0.527. The molecule has 0 spiro atoms. The van der Waals surface area contributed by atoms with E-state index in [0.29, 0.717) is 22.6 Å². The van der Waals surface area contributed by atoms with Gasteiger partial charge < -0.3 is 4.42 Å². The maximum absolute atomic E-state index is 12.6. The lowest BCUT2D eigenvalue weighted by atomic mass is 10.3. The molecule has 0 bridgehead atoms. The van der Waals surface area contributed by atoms with Crippen molar-refractivity contribution in [2.45, 2.75) is 18.7 Å². The molecule has 0 radical (unpaired) electrons. The Hall–Kier alpha value is -2.55. The monoisotopic (exact) mass is 336 g/mol. The third kappa shape index (κ3) is 2.42. The summed E-state index contributed by atoms with van der Waals surface area (Å²) in [5, 5.41) is 4.18. The van der Waals surface area contributed by atoms with Gasteiger partial charge in [-0.2, -0.15) is 5.10 Å². The first-order valence-electron chi connectivity index (χ1n) is 6.83. The first-order chi connectivity index (χ1) is 10.7. The average Bonchev–Trinajstić information content (AvgIpc) is 2.90. The van der Waals surface area contributed by atoms with Crippen LogP contribution in [0.15, 0.2) is 32.3 Å². The number of oxazole rings is 1. The van der Waals surface area contributed by atoms with Crippen LogP contribution in [0.3, 0.4) is 0 Å². The van der Waals surface area contributed by atoms with Gasteiger partial charge in [0.1, 0.15) is 0 Å². The van der Waals surface area contributed by atoms with Crippen LogP contribution < -0.4 is 10.5 Å². The highest BCUT2D eigenvalue weighted by atomic mass is 32.2. The maximum atomic E-state index is 12.6. The van der Waals surface area contributed by atoms with Crippen molar-refractivity contribution >= 4 is 26.8 Å². The van der Waals surface area contributed by atoms with E-state index in [1.165, 1.54) is 22.8 Å². The van der Waals surface area contributed by atoms with Crippen LogP contribution in [0, 0.1) is 13.8 Å². The highest BCUT2D eigenvalue weighted by Crippen LogP contribution is 2.24. The summed E-state index contributed by atoms with van der Waals surface area (Å²) in [6.45, 7) is 3.50. The van der Waals surface area contributed by atoms with E-state index in [1.54, 1.807) is 32.6 Å². The molecule has 0 aliphatic carbocycles. The normalized spacial score (nSPS) is 12.0. The molecule has 2 aromatic heterocycles. The van der Waals surface area contributed by atoms with E-state index in [2.05, 4.69) is 9.82 Å². The van der Waals surface area contributed by atoms with Crippen molar-refractivity contribution < 1.29 is 12.8 Å². The molecule has 0 aliphatic rings. The molecule has 2 heterocycles. The Morgan fingerprint density at radius 3 is 2.52 bits per heavy atom. The molecule has 1 N–H and O–H groups in total. The molecule has 0 unspecified atom stereocenters. The van der Waals surface area contributed by atoms with Crippen LogP contribution in [0.1, 0.15) is 11.4 Å². The second-order valence-corrected chi connectivity index (χ2v) is 7.01. The van der Waals surface area contributed by atoms with Gasteiger partial charge in [0.25, 0.3) is 10.0 Å².